The van der Waals surface area contributed by atoms with Crippen molar-refractivity contribution in [1.82, 2.24) is 25.7 Å². The molecule has 242 valence electrons. The van der Waals surface area contributed by atoms with Crippen LogP contribution in [0.25, 0.3) is 10.9 Å². The normalized spacial score (nSPS) is 14.6. The summed E-state index contributed by atoms with van der Waals surface area (Å²) in [5.74, 6) is -2.00. The van der Waals surface area contributed by atoms with E-state index in [1.807, 2.05) is 30.3 Å². The van der Waals surface area contributed by atoms with Gasteiger partial charge in [0.05, 0.1) is 4.90 Å². The Morgan fingerprint density at radius 2 is 1.65 bits per heavy atom. The Hall–Kier alpha value is -4.55. The van der Waals surface area contributed by atoms with Crippen molar-refractivity contribution in [1.29, 1.82) is 0 Å². The van der Waals surface area contributed by atoms with Crippen molar-refractivity contribution in [3.05, 3.63) is 102 Å². The molecule has 0 radical (unpaired) electrons. The topological polar surface area (TPSA) is 149 Å². The number of carbonyl (C=O) groups excluding carboxylic acids is 3. The number of sulfonamides is 1. The minimum absolute atomic E-state index is 0.0308. The minimum atomic E-state index is -4.29. The molecule has 5 N–H and O–H groups in total. The number of nitrogens with one attached hydrogen (secondary N) is 5. The van der Waals surface area contributed by atoms with Crippen molar-refractivity contribution >= 4 is 38.6 Å². The second-order valence-electron chi connectivity index (χ2n) is 11.5. The molecule has 1 saturated carbocycles. The summed E-state index contributed by atoms with van der Waals surface area (Å²) in [6.45, 7) is 0.311. The van der Waals surface area contributed by atoms with Gasteiger partial charge in [0.1, 0.15) is 17.9 Å². The summed E-state index contributed by atoms with van der Waals surface area (Å²) in [6, 6.07) is 18.7. The van der Waals surface area contributed by atoms with Gasteiger partial charge in [0.25, 0.3) is 5.91 Å². The largest absolute Gasteiger partial charge is 0.361 e. The third kappa shape index (κ3) is 8.58. The minimum Gasteiger partial charge on any atom is -0.361 e. The SMILES string of the molecule is O=C(NCCCC[C@H](NS(=O)(=O)c1cccc(F)c1)C(=O)N[C@@H](Cc1c[nH]c2ccccc12)C(=O)NC1CCC1)c1ccccc1. The molecule has 3 amide bonds. The monoisotopic (exact) mass is 647 g/mol. The second-order valence-corrected chi connectivity index (χ2v) is 13.2. The Labute approximate surface area is 267 Å². The van der Waals surface area contributed by atoms with Crippen molar-refractivity contribution < 1.29 is 27.2 Å². The lowest BCUT2D eigenvalue weighted by Gasteiger charge is -2.29. The van der Waals surface area contributed by atoms with Crippen molar-refractivity contribution in [2.24, 2.45) is 0 Å². The molecule has 0 aliphatic heterocycles. The fraction of sp³-hybridized carbons (Fsp3) is 0.324. The van der Waals surface area contributed by atoms with Gasteiger partial charge in [0.2, 0.25) is 21.8 Å². The zero-order chi connectivity index (χ0) is 32.5. The van der Waals surface area contributed by atoms with Gasteiger partial charge in [-0.25, -0.2) is 12.8 Å². The first-order valence-corrected chi connectivity index (χ1v) is 16.9. The molecule has 1 aliphatic rings. The maximum atomic E-state index is 13.9. The maximum Gasteiger partial charge on any atom is 0.251 e. The summed E-state index contributed by atoms with van der Waals surface area (Å²) in [5.41, 5.74) is 2.24. The molecule has 5 rings (SSSR count). The van der Waals surface area contributed by atoms with Gasteiger partial charge < -0.3 is 20.9 Å². The number of halogens is 1. The number of unbranched alkanes of at least 4 members (excludes halogenated alkanes) is 1. The van der Waals surface area contributed by atoms with E-state index in [2.05, 4.69) is 25.7 Å². The van der Waals surface area contributed by atoms with Gasteiger partial charge in [-0.1, -0.05) is 42.5 Å². The number of para-hydroxylation sites is 1. The van der Waals surface area contributed by atoms with E-state index in [1.165, 1.54) is 12.1 Å². The van der Waals surface area contributed by atoms with E-state index in [1.54, 1.807) is 30.5 Å². The van der Waals surface area contributed by atoms with Crippen molar-refractivity contribution in [3.63, 3.8) is 0 Å². The van der Waals surface area contributed by atoms with E-state index in [4.69, 9.17) is 0 Å². The summed E-state index contributed by atoms with van der Waals surface area (Å²) in [4.78, 5) is 42.5. The second kappa shape index (κ2) is 15.2. The lowest BCUT2D eigenvalue weighted by molar-refractivity contribution is -0.130. The summed E-state index contributed by atoms with van der Waals surface area (Å²) >= 11 is 0. The lowest BCUT2D eigenvalue weighted by Crippen LogP contribution is -2.56. The molecular weight excluding hydrogens is 609 g/mol. The Morgan fingerprint density at radius 1 is 0.891 bits per heavy atom. The maximum absolute atomic E-state index is 13.9. The van der Waals surface area contributed by atoms with Crippen LogP contribution in [-0.4, -0.2) is 55.8 Å². The summed E-state index contributed by atoms with van der Waals surface area (Å²) < 4.78 is 42.8. The summed E-state index contributed by atoms with van der Waals surface area (Å²) in [7, 11) is -4.29. The van der Waals surface area contributed by atoms with Crippen LogP contribution in [0, 0.1) is 5.82 Å². The number of aromatic amines is 1. The summed E-state index contributed by atoms with van der Waals surface area (Å²) in [5, 5.41) is 9.54. The number of hydrogen-bond donors (Lipinski definition) is 5. The predicted octanol–water partition coefficient (Wildman–Crippen LogP) is 3.95. The molecule has 1 fully saturated rings. The van der Waals surface area contributed by atoms with Crippen molar-refractivity contribution in [2.75, 3.05) is 6.54 Å². The fourth-order valence-electron chi connectivity index (χ4n) is 5.36. The van der Waals surface area contributed by atoms with Crippen LogP contribution in [0.4, 0.5) is 4.39 Å². The van der Waals surface area contributed by atoms with Gasteiger partial charge in [-0.15, -0.1) is 0 Å². The van der Waals surface area contributed by atoms with Crippen molar-refractivity contribution in [3.8, 4) is 0 Å². The number of benzene rings is 3. The number of carbonyl (C=O) groups is 3. The molecule has 1 aromatic heterocycles. The van der Waals surface area contributed by atoms with E-state index in [0.29, 0.717) is 24.9 Å². The molecule has 2 atom stereocenters. The first kappa shape index (κ1) is 32.8. The third-order valence-corrected chi connectivity index (χ3v) is 9.61. The Balaban J connectivity index is 1.30. The molecule has 46 heavy (non-hydrogen) atoms. The number of H-pyrrole nitrogens is 1. The van der Waals surface area contributed by atoms with Crippen LogP contribution >= 0.6 is 0 Å². The third-order valence-electron chi connectivity index (χ3n) is 8.14. The molecule has 4 aromatic rings. The molecular formula is C34H38FN5O5S. The number of hydrogen-bond acceptors (Lipinski definition) is 5. The van der Waals surface area contributed by atoms with Crippen LogP contribution in [0.2, 0.25) is 0 Å². The van der Waals surface area contributed by atoms with Crippen molar-refractivity contribution in [2.45, 2.75) is 68.0 Å². The van der Waals surface area contributed by atoms with E-state index in [0.717, 1.165) is 47.9 Å². The molecule has 0 unspecified atom stereocenters. The van der Waals surface area contributed by atoms with Gasteiger partial charge in [-0.05, 0) is 80.5 Å². The number of fused-ring (bicyclic) bond motifs is 1. The highest BCUT2D eigenvalue weighted by molar-refractivity contribution is 7.89. The average molecular weight is 648 g/mol. The summed E-state index contributed by atoms with van der Waals surface area (Å²) in [6.07, 6.45) is 5.63. The number of aromatic nitrogens is 1. The van der Waals surface area contributed by atoms with Crippen LogP contribution in [0.1, 0.15) is 54.4 Å². The average Bonchev–Trinajstić information content (AvgIpc) is 3.44. The molecule has 1 heterocycles. The molecule has 12 heteroatoms. The van der Waals surface area contributed by atoms with Gasteiger partial charge >= 0.3 is 0 Å². The number of rotatable bonds is 15. The molecule has 3 aromatic carbocycles. The molecule has 0 bridgehead atoms. The zero-order valence-electron chi connectivity index (χ0n) is 25.3. The number of amides is 3. The van der Waals surface area contributed by atoms with Gasteiger partial charge in [-0.2, -0.15) is 4.72 Å². The standard InChI is InChI=1S/C34H38FN5O5S/c35-25-12-8-15-27(21-25)46(44,45)40-30(18-6-7-19-36-32(41)23-10-2-1-3-11-23)33(42)39-31(34(43)38-26-13-9-14-26)20-24-22-37-29-17-5-4-16-28(24)29/h1-5,8,10-12,15-17,21-22,26,30-31,37,40H,6-7,9,13-14,18-20H2,(H,36,41)(H,38,43)(H,39,42)/t30-,31-/m0/s1. The Kier molecular flexibility index (Phi) is 10.8. The fourth-order valence-corrected chi connectivity index (χ4v) is 6.62. The first-order valence-electron chi connectivity index (χ1n) is 15.5. The highest BCUT2D eigenvalue weighted by Crippen LogP contribution is 2.21. The highest BCUT2D eigenvalue weighted by atomic mass is 32.2. The van der Waals surface area contributed by atoms with E-state index in [-0.39, 0.29) is 35.6 Å². The molecule has 0 spiro atoms. The van der Waals surface area contributed by atoms with Crippen LogP contribution in [0.5, 0.6) is 0 Å². The van der Waals surface area contributed by atoms with E-state index >= 15 is 0 Å². The van der Waals surface area contributed by atoms with Gasteiger partial charge in [0.15, 0.2) is 0 Å². The molecule has 10 nitrogen and oxygen atoms in total. The van der Waals surface area contributed by atoms with Crippen LogP contribution in [-0.2, 0) is 26.0 Å². The first-order chi connectivity index (χ1) is 22.2. The van der Waals surface area contributed by atoms with E-state index < -0.39 is 33.8 Å². The lowest BCUT2D eigenvalue weighted by atomic mass is 9.92. The predicted molar refractivity (Wildman–Crippen MR) is 173 cm³/mol. The highest BCUT2D eigenvalue weighted by Gasteiger charge is 2.31. The van der Waals surface area contributed by atoms with E-state index in [9.17, 15) is 27.2 Å². The molecule has 0 saturated heterocycles. The quantitative estimate of drug-likeness (QED) is 0.124. The van der Waals surface area contributed by atoms with Crippen LogP contribution < -0.4 is 20.7 Å². The Morgan fingerprint density at radius 3 is 2.39 bits per heavy atom. The smallest absolute Gasteiger partial charge is 0.251 e. The van der Waals surface area contributed by atoms with Gasteiger partial charge in [-0.3, -0.25) is 14.4 Å². The Bertz CT molecular complexity index is 1770. The van der Waals surface area contributed by atoms with Gasteiger partial charge in [0, 0.05) is 41.7 Å². The van der Waals surface area contributed by atoms with Crippen LogP contribution in [0.3, 0.4) is 0 Å². The molecule has 1 aliphatic carbocycles. The zero-order valence-corrected chi connectivity index (χ0v) is 26.1. The van der Waals surface area contributed by atoms with Crippen LogP contribution in [0.15, 0.2) is 90.0 Å².